The van der Waals surface area contributed by atoms with Crippen molar-refractivity contribution in [3.05, 3.63) is 29.6 Å². The second kappa shape index (κ2) is 4.10. The van der Waals surface area contributed by atoms with E-state index in [0.29, 0.717) is 12.8 Å². The van der Waals surface area contributed by atoms with Crippen molar-refractivity contribution in [3.8, 4) is 0 Å². The highest BCUT2D eigenvalue weighted by Gasteiger charge is 2.34. The third kappa shape index (κ3) is 2.04. The molecule has 1 N–H and O–H groups in total. The van der Waals surface area contributed by atoms with Gasteiger partial charge in [-0.15, -0.1) is 0 Å². The molecule has 0 radical (unpaired) electrons. The molecule has 17 heavy (non-hydrogen) atoms. The second-order valence-corrected chi connectivity index (χ2v) is 6.24. The van der Waals surface area contributed by atoms with E-state index in [2.05, 4.69) is 0 Å². The highest BCUT2D eigenvalue weighted by Crippen LogP contribution is 2.32. The minimum atomic E-state index is -3.73. The Hall–Kier alpha value is -1.43. The average molecular weight is 258 g/mol. The van der Waals surface area contributed by atoms with Crippen LogP contribution < -0.4 is 0 Å². The fourth-order valence-electron chi connectivity index (χ4n) is 1.72. The summed E-state index contributed by atoms with van der Waals surface area (Å²) in [5, 5.41) is 8.19. The maximum absolute atomic E-state index is 13.5. The molecule has 1 aliphatic carbocycles. The first-order valence-corrected chi connectivity index (χ1v) is 6.74. The Morgan fingerprint density at radius 2 is 2.00 bits per heavy atom. The van der Waals surface area contributed by atoms with Gasteiger partial charge in [-0.3, -0.25) is 0 Å². The van der Waals surface area contributed by atoms with E-state index in [-0.39, 0.29) is 5.56 Å². The normalized spacial score (nSPS) is 16.5. The number of carbonyl (C=O) groups is 1. The molecule has 1 aromatic carbocycles. The van der Waals surface area contributed by atoms with Gasteiger partial charge in [0.15, 0.2) is 9.84 Å². The molecular weight excluding hydrogens is 247 g/mol. The van der Waals surface area contributed by atoms with Crippen molar-refractivity contribution in [2.45, 2.75) is 29.4 Å². The summed E-state index contributed by atoms with van der Waals surface area (Å²) >= 11 is 0. The lowest BCUT2D eigenvalue weighted by atomic mass is 10.00. The molecule has 92 valence electrons. The highest BCUT2D eigenvalue weighted by molar-refractivity contribution is 7.92. The van der Waals surface area contributed by atoms with Crippen LogP contribution in [0.1, 0.15) is 29.6 Å². The molecule has 1 saturated carbocycles. The first kappa shape index (κ1) is 12.0. The fraction of sp³-hybridized carbons (Fsp3) is 0.364. The van der Waals surface area contributed by atoms with Crippen LogP contribution in [-0.2, 0) is 9.84 Å². The van der Waals surface area contributed by atoms with Crippen LogP contribution >= 0.6 is 0 Å². The SMILES string of the molecule is O=C(O)c1ccc(F)c(S(=O)(=O)C2CCC2)c1. The third-order valence-corrected chi connectivity index (χ3v) is 5.25. The molecule has 2 rings (SSSR count). The van der Waals surface area contributed by atoms with Crippen molar-refractivity contribution in [3.63, 3.8) is 0 Å². The zero-order valence-corrected chi connectivity index (χ0v) is 9.71. The van der Waals surface area contributed by atoms with Gasteiger partial charge in [-0.2, -0.15) is 0 Å². The molecule has 1 aromatic rings. The Morgan fingerprint density at radius 3 is 2.47 bits per heavy atom. The molecule has 1 fully saturated rings. The predicted octanol–water partition coefficient (Wildman–Crippen LogP) is 1.85. The Labute approximate surface area is 98.0 Å². The van der Waals surface area contributed by atoms with Crippen LogP contribution in [0.3, 0.4) is 0 Å². The van der Waals surface area contributed by atoms with Crippen molar-refractivity contribution < 1.29 is 22.7 Å². The summed E-state index contributed by atoms with van der Waals surface area (Å²) in [5.41, 5.74) is -0.218. The lowest BCUT2D eigenvalue weighted by molar-refractivity contribution is 0.0696. The summed E-state index contributed by atoms with van der Waals surface area (Å²) in [6.45, 7) is 0. The number of rotatable bonds is 3. The van der Waals surface area contributed by atoms with Gasteiger partial charge in [-0.25, -0.2) is 17.6 Å². The highest BCUT2D eigenvalue weighted by atomic mass is 32.2. The van der Waals surface area contributed by atoms with E-state index in [1.54, 1.807) is 0 Å². The van der Waals surface area contributed by atoms with Gasteiger partial charge in [0.05, 0.1) is 10.8 Å². The Morgan fingerprint density at radius 1 is 1.35 bits per heavy atom. The number of hydrogen-bond donors (Lipinski definition) is 1. The first-order valence-electron chi connectivity index (χ1n) is 5.19. The minimum absolute atomic E-state index is 0.218. The molecule has 0 bridgehead atoms. The average Bonchev–Trinajstić information content (AvgIpc) is 2.13. The van der Waals surface area contributed by atoms with Crippen molar-refractivity contribution in [1.82, 2.24) is 0 Å². The van der Waals surface area contributed by atoms with Crippen molar-refractivity contribution >= 4 is 15.8 Å². The summed E-state index contributed by atoms with van der Waals surface area (Å²) in [6, 6.07) is 2.83. The summed E-state index contributed by atoms with van der Waals surface area (Å²) in [4.78, 5) is 10.2. The largest absolute Gasteiger partial charge is 0.478 e. The van der Waals surface area contributed by atoms with Gasteiger partial charge >= 0.3 is 5.97 Å². The molecule has 0 saturated heterocycles. The first-order chi connectivity index (χ1) is 7.93. The number of hydrogen-bond acceptors (Lipinski definition) is 3. The summed E-state index contributed by atoms with van der Waals surface area (Å²) < 4.78 is 37.4. The molecule has 0 heterocycles. The van der Waals surface area contributed by atoms with E-state index < -0.39 is 31.8 Å². The zero-order valence-electron chi connectivity index (χ0n) is 8.89. The Bertz CT molecular complexity index is 561. The topological polar surface area (TPSA) is 71.4 Å². The third-order valence-electron chi connectivity index (χ3n) is 2.98. The number of benzene rings is 1. The molecule has 0 aliphatic heterocycles. The van der Waals surface area contributed by atoms with E-state index in [0.717, 1.165) is 24.6 Å². The van der Waals surface area contributed by atoms with E-state index >= 15 is 0 Å². The number of carboxylic acid groups (broad SMARTS) is 1. The number of carboxylic acids is 1. The zero-order chi connectivity index (χ0) is 12.6. The van der Waals surface area contributed by atoms with Crippen LogP contribution in [0.15, 0.2) is 23.1 Å². The van der Waals surface area contributed by atoms with E-state index in [4.69, 9.17) is 5.11 Å². The molecule has 6 heteroatoms. The van der Waals surface area contributed by atoms with Gasteiger partial charge in [0.2, 0.25) is 0 Å². The lowest BCUT2D eigenvalue weighted by Crippen LogP contribution is -2.29. The molecule has 4 nitrogen and oxygen atoms in total. The molecular formula is C11H11FO4S. The maximum Gasteiger partial charge on any atom is 0.335 e. The molecule has 0 atom stereocenters. The van der Waals surface area contributed by atoms with Gasteiger partial charge in [-0.1, -0.05) is 6.42 Å². The monoisotopic (exact) mass is 258 g/mol. The second-order valence-electron chi connectivity index (χ2n) is 4.05. The van der Waals surface area contributed by atoms with Crippen molar-refractivity contribution in [2.24, 2.45) is 0 Å². The summed E-state index contributed by atoms with van der Waals surface area (Å²) in [6.07, 6.45) is 1.84. The number of halogens is 1. The molecule has 0 spiro atoms. The van der Waals surface area contributed by atoms with Gasteiger partial charge in [0.25, 0.3) is 0 Å². The Balaban J connectivity index is 2.50. The molecule has 0 amide bonds. The van der Waals surface area contributed by atoms with Crippen molar-refractivity contribution in [1.29, 1.82) is 0 Å². The van der Waals surface area contributed by atoms with Gasteiger partial charge in [0.1, 0.15) is 10.7 Å². The maximum atomic E-state index is 13.5. The van der Waals surface area contributed by atoms with Crippen LogP contribution in [0.4, 0.5) is 4.39 Å². The number of sulfone groups is 1. The summed E-state index contributed by atoms with van der Waals surface area (Å²) in [5.74, 6) is -2.16. The van der Waals surface area contributed by atoms with Crippen LogP contribution in [0.2, 0.25) is 0 Å². The molecule has 1 aliphatic rings. The summed E-state index contributed by atoms with van der Waals surface area (Å²) in [7, 11) is -3.73. The standard InChI is InChI=1S/C11H11FO4S/c12-9-5-4-7(11(13)14)6-10(9)17(15,16)8-2-1-3-8/h4-6,8H,1-3H2,(H,13,14). The lowest BCUT2D eigenvalue weighted by Gasteiger charge is -2.25. The van der Waals surface area contributed by atoms with E-state index in [1.807, 2.05) is 0 Å². The van der Waals surface area contributed by atoms with E-state index in [9.17, 15) is 17.6 Å². The quantitative estimate of drug-likeness (QED) is 0.898. The fourth-order valence-corrected chi connectivity index (χ4v) is 3.66. The van der Waals surface area contributed by atoms with Gasteiger partial charge in [-0.05, 0) is 31.0 Å². The number of aromatic carboxylic acids is 1. The van der Waals surface area contributed by atoms with Gasteiger partial charge in [0, 0.05) is 0 Å². The van der Waals surface area contributed by atoms with E-state index in [1.165, 1.54) is 0 Å². The van der Waals surface area contributed by atoms with Crippen LogP contribution in [-0.4, -0.2) is 24.7 Å². The van der Waals surface area contributed by atoms with Gasteiger partial charge < -0.3 is 5.11 Å². The minimum Gasteiger partial charge on any atom is -0.478 e. The molecule has 0 aromatic heterocycles. The molecule has 0 unspecified atom stereocenters. The smallest absolute Gasteiger partial charge is 0.335 e. The Kier molecular flexibility index (Phi) is 2.91. The van der Waals surface area contributed by atoms with Crippen LogP contribution in [0.5, 0.6) is 0 Å². The van der Waals surface area contributed by atoms with Crippen LogP contribution in [0.25, 0.3) is 0 Å². The van der Waals surface area contributed by atoms with Crippen molar-refractivity contribution in [2.75, 3.05) is 0 Å². The van der Waals surface area contributed by atoms with Crippen LogP contribution in [0, 0.1) is 5.82 Å². The predicted molar refractivity (Wildman–Crippen MR) is 58.2 cm³/mol.